The summed E-state index contributed by atoms with van der Waals surface area (Å²) < 4.78 is 5.53. The molecule has 1 unspecified atom stereocenters. The van der Waals surface area contributed by atoms with Crippen LogP contribution in [0.4, 0.5) is 0 Å². The first-order valence-electron chi connectivity index (χ1n) is 6.11. The first-order chi connectivity index (χ1) is 8.72. The molecule has 1 N–H and O–H groups in total. The van der Waals surface area contributed by atoms with Crippen molar-refractivity contribution in [1.29, 1.82) is 0 Å². The molecule has 18 heavy (non-hydrogen) atoms. The lowest BCUT2D eigenvalue weighted by Gasteiger charge is -2.18. The molecule has 0 spiro atoms. The maximum Gasteiger partial charge on any atom is 0.193 e. The molecule has 0 aliphatic carbocycles. The van der Waals surface area contributed by atoms with E-state index >= 15 is 0 Å². The van der Waals surface area contributed by atoms with Crippen LogP contribution in [-0.4, -0.2) is 11.5 Å². The van der Waals surface area contributed by atoms with Crippen molar-refractivity contribution in [2.45, 2.75) is 26.3 Å². The second-order valence-electron chi connectivity index (χ2n) is 4.26. The van der Waals surface area contributed by atoms with E-state index in [1.807, 2.05) is 18.3 Å². The summed E-state index contributed by atoms with van der Waals surface area (Å²) >= 11 is 5.86. The third kappa shape index (κ3) is 2.92. The van der Waals surface area contributed by atoms with Gasteiger partial charge in [0.2, 0.25) is 0 Å². The SMILES string of the molecule is CCCNC(c1ccc(Cl)o1)c1cnccc1C. The van der Waals surface area contributed by atoms with Gasteiger partial charge in [-0.15, -0.1) is 0 Å². The monoisotopic (exact) mass is 264 g/mol. The van der Waals surface area contributed by atoms with Crippen molar-refractivity contribution in [3.8, 4) is 0 Å². The standard InChI is InChI=1S/C14H17ClN2O/c1-3-7-17-14(12-4-5-13(15)18-12)11-9-16-8-6-10(11)2/h4-6,8-9,14,17H,3,7H2,1-2H3. The molecule has 0 fully saturated rings. The van der Waals surface area contributed by atoms with Crippen molar-refractivity contribution in [3.05, 3.63) is 52.7 Å². The first kappa shape index (κ1) is 13.1. The van der Waals surface area contributed by atoms with Crippen molar-refractivity contribution < 1.29 is 4.42 Å². The summed E-state index contributed by atoms with van der Waals surface area (Å²) in [7, 11) is 0. The zero-order valence-corrected chi connectivity index (χ0v) is 11.4. The topological polar surface area (TPSA) is 38.1 Å². The van der Waals surface area contributed by atoms with Gasteiger partial charge in [-0.3, -0.25) is 4.98 Å². The average Bonchev–Trinajstić information content (AvgIpc) is 2.78. The van der Waals surface area contributed by atoms with Gasteiger partial charge in [0, 0.05) is 12.4 Å². The Hall–Kier alpha value is -1.32. The summed E-state index contributed by atoms with van der Waals surface area (Å²) in [4.78, 5) is 4.19. The van der Waals surface area contributed by atoms with Gasteiger partial charge in [-0.25, -0.2) is 0 Å². The van der Waals surface area contributed by atoms with Crippen LogP contribution in [0.1, 0.15) is 36.3 Å². The van der Waals surface area contributed by atoms with E-state index in [0.717, 1.165) is 24.3 Å². The lowest BCUT2D eigenvalue weighted by molar-refractivity contribution is 0.446. The third-order valence-electron chi connectivity index (χ3n) is 2.87. The van der Waals surface area contributed by atoms with Gasteiger partial charge in [0.05, 0.1) is 6.04 Å². The molecule has 2 aromatic rings. The van der Waals surface area contributed by atoms with E-state index in [-0.39, 0.29) is 6.04 Å². The van der Waals surface area contributed by atoms with Crippen molar-refractivity contribution in [2.75, 3.05) is 6.54 Å². The first-order valence-corrected chi connectivity index (χ1v) is 6.49. The van der Waals surface area contributed by atoms with Gasteiger partial charge in [-0.05, 0) is 60.8 Å². The molecule has 2 rings (SSSR count). The molecule has 0 amide bonds. The fraction of sp³-hybridized carbons (Fsp3) is 0.357. The molecule has 0 saturated heterocycles. The van der Waals surface area contributed by atoms with Gasteiger partial charge < -0.3 is 9.73 Å². The minimum Gasteiger partial charge on any atom is -0.448 e. The highest BCUT2D eigenvalue weighted by molar-refractivity contribution is 6.28. The summed E-state index contributed by atoms with van der Waals surface area (Å²) in [6.07, 6.45) is 4.73. The van der Waals surface area contributed by atoms with E-state index in [9.17, 15) is 0 Å². The molecule has 3 nitrogen and oxygen atoms in total. The molecule has 0 bridgehead atoms. The van der Waals surface area contributed by atoms with Crippen LogP contribution in [0, 0.1) is 6.92 Å². The van der Waals surface area contributed by atoms with Crippen LogP contribution in [0.15, 0.2) is 35.0 Å². The Labute approximate surface area is 112 Å². The highest BCUT2D eigenvalue weighted by atomic mass is 35.5. The van der Waals surface area contributed by atoms with Crippen molar-refractivity contribution in [1.82, 2.24) is 10.3 Å². The smallest absolute Gasteiger partial charge is 0.193 e. The molecule has 0 aliphatic rings. The molecular weight excluding hydrogens is 248 g/mol. The van der Waals surface area contributed by atoms with E-state index in [1.54, 1.807) is 12.3 Å². The largest absolute Gasteiger partial charge is 0.448 e. The van der Waals surface area contributed by atoms with Gasteiger partial charge >= 0.3 is 0 Å². The second-order valence-corrected chi connectivity index (χ2v) is 4.63. The van der Waals surface area contributed by atoms with E-state index in [4.69, 9.17) is 16.0 Å². The van der Waals surface area contributed by atoms with Crippen LogP contribution in [0.25, 0.3) is 0 Å². The van der Waals surface area contributed by atoms with Gasteiger partial charge in [-0.2, -0.15) is 0 Å². The Morgan fingerprint density at radius 1 is 1.39 bits per heavy atom. The van der Waals surface area contributed by atoms with Crippen LogP contribution in [0.2, 0.25) is 5.22 Å². The van der Waals surface area contributed by atoms with E-state index < -0.39 is 0 Å². The number of halogens is 1. The van der Waals surface area contributed by atoms with E-state index in [1.165, 1.54) is 5.56 Å². The number of pyridine rings is 1. The number of nitrogens with zero attached hydrogens (tertiary/aromatic N) is 1. The summed E-state index contributed by atoms with van der Waals surface area (Å²) in [5.74, 6) is 0.824. The molecule has 0 aromatic carbocycles. The lowest BCUT2D eigenvalue weighted by Crippen LogP contribution is -2.23. The fourth-order valence-corrected chi connectivity index (χ4v) is 2.07. The highest BCUT2D eigenvalue weighted by Crippen LogP contribution is 2.27. The Balaban J connectivity index is 2.33. The van der Waals surface area contributed by atoms with Crippen LogP contribution in [-0.2, 0) is 0 Å². The zero-order valence-electron chi connectivity index (χ0n) is 10.6. The molecule has 4 heteroatoms. The molecule has 2 heterocycles. The number of rotatable bonds is 5. The summed E-state index contributed by atoms with van der Waals surface area (Å²) in [5.41, 5.74) is 2.31. The third-order valence-corrected chi connectivity index (χ3v) is 3.07. The average molecular weight is 265 g/mol. The van der Waals surface area contributed by atoms with Gasteiger partial charge in [-0.1, -0.05) is 6.92 Å². The molecule has 2 aromatic heterocycles. The van der Waals surface area contributed by atoms with E-state index in [2.05, 4.69) is 24.1 Å². The minimum absolute atomic E-state index is 0.00569. The summed E-state index contributed by atoms with van der Waals surface area (Å²) in [6, 6.07) is 5.68. The number of aromatic nitrogens is 1. The van der Waals surface area contributed by atoms with Crippen LogP contribution >= 0.6 is 11.6 Å². The van der Waals surface area contributed by atoms with Crippen LogP contribution in [0.5, 0.6) is 0 Å². The Morgan fingerprint density at radius 3 is 2.83 bits per heavy atom. The highest BCUT2D eigenvalue weighted by Gasteiger charge is 2.18. The summed E-state index contributed by atoms with van der Waals surface area (Å²) in [5, 5.41) is 3.88. The predicted octanol–water partition coefficient (Wildman–Crippen LogP) is 3.73. The van der Waals surface area contributed by atoms with Gasteiger partial charge in [0.1, 0.15) is 5.76 Å². The number of nitrogens with one attached hydrogen (secondary N) is 1. The number of aryl methyl sites for hydroxylation is 1. The quantitative estimate of drug-likeness (QED) is 0.894. The summed E-state index contributed by atoms with van der Waals surface area (Å²) in [6.45, 7) is 5.12. The van der Waals surface area contributed by atoms with Crippen molar-refractivity contribution in [2.24, 2.45) is 0 Å². The Bertz CT molecular complexity index is 510. The lowest BCUT2D eigenvalue weighted by atomic mass is 10.0. The molecular formula is C14H17ClN2O. The Morgan fingerprint density at radius 2 is 2.22 bits per heavy atom. The predicted molar refractivity (Wildman–Crippen MR) is 72.8 cm³/mol. The normalized spacial score (nSPS) is 12.6. The van der Waals surface area contributed by atoms with Crippen molar-refractivity contribution >= 4 is 11.6 Å². The molecule has 0 saturated carbocycles. The van der Waals surface area contributed by atoms with Crippen LogP contribution < -0.4 is 5.32 Å². The minimum atomic E-state index is 0.00569. The zero-order chi connectivity index (χ0) is 13.0. The number of hydrogen-bond acceptors (Lipinski definition) is 3. The van der Waals surface area contributed by atoms with Crippen LogP contribution in [0.3, 0.4) is 0 Å². The number of hydrogen-bond donors (Lipinski definition) is 1. The molecule has 0 radical (unpaired) electrons. The Kier molecular flexibility index (Phi) is 4.39. The van der Waals surface area contributed by atoms with Crippen molar-refractivity contribution in [3.63, 3.8) is 0 Å². The molecule has 1 atom stereocenters. The molecule has 0 aliphatic heterocycles. The van der Waals surface area contributed by atoms with Gasteiger partial charge in [0.25, 0.3) is 0 Å². The maximum absolute atomic E-state index is 5.86. The second kappa shape index (κ2) is 6.03. The maximum atomic E-state index is 5.86. The fourth-order valence-electron chi connectivity index (χ4n) is 1.91. The number of furan rings is 1. The molecule has 96 valence electrons. The van der Waals surface area contributed by atoms with E-state index in [0.29, 0.717) is 5.22 Å². The van der Waals surface area contributed by atoms with Gasteiger partial charge in [0.15, 0.2) is 5.22 Å².